The number of alkyl halides is 2. The highest BCUT2D eigenvalue weighted by molar-refractivity contribution is 5.95. The monoisotopic (exact) mass is 219 g/mol. The molecular weight excluding hydrogens is 208 g/mol. The van der Waals surface area contributed by atoms with Gasteiger partial charge in [0.05, 0.1) is 6.61 Å². The zero-order chi connectivity index (χ0) is 11.6. The minimum Gasteiger partial charge on any atom is -0.462 e. The number of esters is 1. The predicted molar refractivity (Wildman–Crippen MR) is 48.5 cm³/mol. The van der Waals surface area contributed by atoms with Crippen LogP contribution in [-0.4, -0.2) is 22.4 Å². The fraction of sp³-hybridized carbons (Fsp3) is 0.500. The number of hydrogen-bond donors (Lipinski definition) is 1. The van der Waals surface area contributed by atoms with Crippen LogP contribution in [0.4, 0.5) is 14.6 Å². The number of carbonyl (C=O) groups excluding carboxylic acids is 1. The second kappa shape index (κ2) is 4.24. The SMILES string of the molecule is CCOC(=O)c1c(C(F)F)nn(C)c1N. The first-order chi connectivity index (χ1) is 6.99. The maximum atomic E-state index is 12.5. The number of aromatic nitrogens is 2. The summed E-state index contributed by atoms with van der Waals surface area (Å²) >= 11 is 0. The molecule has 1 aromatic rings. The maximum Gasteiger partial charge on any atom is 0.344 e. The largest absolute Gasteiger partial charge is 0.462 e. The Morgan fingerprint density at radius 1 is 1.67 bits per heavy atom. The summed E-state index contributed by atoms with van der Waals surface area (Å²) in [6, 6.07) is 0. The van der Waals surface area contributed by atoms with Crippen LogP contribution in [0.15, 0.2) is 0 Å². The first-order valence-corrected chi connectivity index (χ1v) is 4.26. The third-order valence-electron chi connectivity index (χ3n) is 1.80. The lowest BCUT2D eigenvalue weighted by atomic mass is 10.2. The standard InChI is InChI=1S/C8H11F2N3O2/c1-3-15-8(14)4-5(6(9)10)12-13(2)7(4)11/h6H,3,11H2,1-2H3. The van der Waals surface area contributed by atoms with E-state index in [4.69, 9.17) is 5.73 Å². The quantitative estimate of drug-likeness (QED) is 0.773. The number of carbonyl (C=O) groups is 1. The molecule has 1 aromatic heterocycles. The number of hydrogen-bond acceptors (Lipinski definition) is 4. The van der Waals surface area contributed by atoms with E-state index in [1.165, 1.54) is 7.05 Å². The van der Waals surface area contributed by atoms with Crippen LogP contribution in [0.3, 0.4) is 0 Å². The average Bonchev–Trinajstić information content (AvgIpc) is 2.44. The molecule has 0 radical (unpaired) electrons. The van der Waals surface area contributed by atoms with Crippen LogP contribution in [0.25, 0.3) is 0 Å². The number of rotatable bonds is 3. The molecule has 15 heavy (non-hydrogen) atoms. The molecule has 0 amide bonds. The molecule has 0 spiro atoms. The van der Waals surface area contributed by atoms with Crippen LogP contribution in [0.1, 0.15) is 29.4 Å². The topological polar surface area (TPSA) is 70.1 Å². The number of halogens is 2. The highest BCUT2D eigenvalue weighted by Crippen LogP contribution is 2.26. The Kier molecular flexibility index (Phi) is 3.23. The number of nitrogens with zero attached hydrogens (tertiary/aromatic N) is 2. The fourth-order valence-electron chi connectivity index (χ4n) is 1.12. The van der Waals surface area contributed by atoms with Crippen LogP contribution in [-0.2, 0) is 11.8 Å². The summed E-state index contributed by atoms with van der Waals surface area (Å²) in [4.78, 5) is 11.3. The van der Waals surface area contributed by atoms with Gasteiger partial charge in [-0.1, -0.05) is 0 Å². The van der Waals surface area contributed by atoms with Gasteiger partial charge in [-0.3, -0.25) is 4.68 Å². The molecule has 0 aliphatic heterocycles. The van der Waals surface area contributed by atoms with E-state index in [1.807, 2.05) is 0 Å². The van der Waals surface area contributed by atoms with Crippen LogP contribution in [0.2, 0.25) is 0 Å². The van der Waals surface area contributed by atoms with Gasteiger partial charge in [-0.25, -0.2) is 13.6 Å². The lowest BCUT2D eigenvalue weighted by Crippen LogP contribution is -2.10. The maximum absolute atomic E-state index is 12.5. The number of aryl methyl sites for hydroxylation is 1. The summed E-state index contributed by atoms with van der Waals surface area (Å²) in [5.74, 6) is -0.998. The van der Waals surface area contributed by atoms with Gasteiger partial charge < -0.3 is 10.5 Å². The van der Waals surface area contributed by atoms with Crippen molar-refractivity contribution in [2.45, 2.75) is 13.3 Å². The van der Waals surface area contributed by atoms with Crippen molar-refractivity contribution in [3.8, 4) is 0 Å². The Bertz CT molecular complexity index is 376. The summed E-state index contributed by atoms with van der Waals surface area (Å²) in [5, 5.41) is 3.45. The average molecular weight is 219 g/mol. The Balaban J connectivity index is 3.19. The van der Waals surface area contributed by atoms with E-state index >= 15 is 0 Å². The minimum atomic E-state index is -2.85. The van der Waals surface area contributed by atoms with E-state index < -0.39 is 18.1 Å². The van der Waals surface area contributed by atoms with Gasteiger partial charge in [0.25, 0.3) is 6.43 Å². The smallest absolute Gasteiger partial charge is 0.344 e. The highest BCUT2D eigenvalue weighted by Gasteiger charge is 2.27. The van der Waals surface area contributed by atoms with Crippen molar-refractivity contribution in [2.75, 3.05) is 12.3 Å². The van der Waals surface area contributed by atoms with E-state index in [9.17, 15) is 13.6 Å². The molecule has 7 heteroatoms. The zero-order valence-corrected chi connectivity index (χ0v) is 8.33. The van der Waals surface area contributed by atoms with Gasteiger partial charge in [0.1, 0.15) is 17.1 Å². The third-order valence-corrected chi connectivity index (χ3v) is 1.80. The van der Waals surface area contributed by atoms with Crippen molar-refractivity contribution in [3.63, 3.8) is 0 Å². The van der Waals surface area contributed by atoms with E-state index in [1.54, 1.807) is 6.92 Å². The first-order valence-electron chi connectivity index (χ1n) is 4.26. The van der Waals surface area contributed by atoms with Crippen LogP contribution in [0, 0.1) is 0 Å². The second-order valence-electron chi connectivity index (χ2n) is 2.79. The Hall–Kier alpha value is -1.66. The summed E-state index contributed by atoms with van der Waals surface area (Å²) in [6.45, 7) is 1.67. The normalized spacial score (nSPS) is 10.7. The van der Waals surface area contributed by atoms with E-state index in [2.05, 4.69) is 9.84 Å². The first kappa shape index (κ1) is 11.4. The summed E-state index contributed by atoms with van der Waals surface area (Å²) in [5.41, 5.74) is 4.44. The van der Waals surface area contributed by atoms with Crippen molar-refractivity contribution < 1.29 is 18.3 Å². The molecule has 0 unspecified atom stereocenters. The molecule has 0 saturated carbocycles. The Morgan fingerprint density at radius 3 is 2.73 bits per heavy atom. The van der Waals surface area contributed by atoms with Gasteiger partial charge in [0.2, 0.25) is 0 Å². The molecule has 0 aromatic carbocycles. The molecule has 0 bridgehead atoms. The van der Waals surface area contributed by atoms with Crippen LogP contribution in [0.5, 0.6) is 0 Å². The van der Waals surface area contributed by atoms with Gasteiger partial charge in [-0.05, 0) is 6.92 Å². The van der Waals surface area contributed by atoms with Crippen molar-refractivity contribution in [2.24, 2.45) is 7.05 Å². The van der Waals surface area contributed by atoms with Crippen molar-refractivity contribution in [1.29, 1.82) is 0 Å². The summed E-state index contributed by atoms with van der Waals surface area (Å²) in [7, 11) is 1.38. The minimum absolute atomic E-state index is 0.0931. The van der Waals surface area contributed by atoms with E-state index in [0.717, 1.165) is 4.68 Å². The fourth-order valence-corrected chi connectivity index (χ4v) is 1.12. The lowest BCUT2D eigenvalue weighted by molar-refractivity contribution is 0.0516. The number of ether oxygens (including phenoxy) is 1. The lowest BCUT2D eigenvalue weighted by Gasteiger charge is -2.02. The number of anilines is 1. The zero-order valence-electron chi connectivity index (χ0n) is 8.33. The molecule has 0 aliphatic carbocycles. The van der Waals surface area contributed by atoms with Crippen molar-refractivity contribution in [3.05, 3.63) is 11.3 Å². The van der Waals surface area contributed by atoms with E-state index in [-0.39, 0.29) is 18.0 Å². The molecule has 5 nitrogen and oxygen atoms in total. The van der Waals surface area contributed by atoms with Gasteiger partial charge >= 0.3 is 5.97 Å². The molecule has 84 valence electrons. The number of nitrogens with two attached hydrogens (primary N) is 1. The molecule has 0 saturated heterocycles. The summed E-state index contributed by atoms with van der Waals surface area (Å²) in [6.07, 6.45) is -2.85. The predicted octanol–water partition coefficient (Wildman–Crippen LogP) is 1.12. The highest BCUT2D eigenvalue weighted by atomic mass is 19.3. The second-order valence-corrected chi connectivity index (χ2v) is 2.79. The Morgan fingerprint density at radius 2 is 2.27 bits per heavy atom. The summed E-state index contributed by atoms with van der Waals surface area (Å²) < 4.78 is 30.6. The van der Waals surface area contributed by atoms with Crippen LogP contribution < -0.4 is 5.73 Å². The van der Waals surface area contributed by atoms with Crippen molar-refractivity contribution in [1.82, 2.24) is 9.78 Å². The Labute approximate surface area is 84.8 Å². The van der Waals surface area contributed by atoms with Gasteiger partial charge in [-0.2, -0.15) is 5.10 Å². The molecule has 0 aliphatic rings. The molecular formula is C8H11F2N3O2. The molecule has 0 fully saturated rings. The third kappa shape index (κ3) is 2.05. The van der Waals surface area contributed by atoms with E-state index in [0.29, 0.717) is 0 Å². The van der Waals surface area contributed by atoms with Crippen molar-refractivity contribution >= 4 is 11.8 Å². The number of nitrogen functional groups attached to an aromatic ring is 1. The molecule has 1 rings (SSSR count). The van der Waals surface area contributed by atoms with Gasteiger partial charge in [0, 0.05) is 7.05 Å². The molecule has 1 heterocycles. The van der Waals surface area contributed by atoms with Gasteiger partial charge in [0.15, 0.2) is 0 Å². The van der Waals surface area contributed by atoms with Gasteiger partial charge in [-0.15, -0.1) is 0 Å². The molecule has 0 atom stereocenters. The van der Waals surface area contributed by atoms with Crippen LogP contribution >= 0.6 is 0 Å². The molecule has 2 N–H and O–H groups in total.